The van der Waals surface area contributed by atoms with Crippen molar-refractivity contribution in [1.29, 1.82) is 0 Å². The van der Waals surface area contributed by atoms with Gasteiger partial charge >= 0.3 is 0 Å². The Bertz CT molecular complexity index is 261. The fourth-order valence-corrected chi connectivity index (χ4v) is 2.46. The van der Waals surface area contributed by atoms with E-state index in [4.69, 9.17) is 11.6 Å². The van der Waals surface area contributed by atoms with E-state index < -0.39 is 6.89 Å². The second kappa shape index (κ2) is 2.52. The molecule has 0 atom stereocenters. The number of hydrogen-bond acceptors (Lipinski definition) is 1. The molecule has 0 aromatic rings. The lowest BCUT2D eigenvalue weighted by molar-refractivity contribution is 0.832. The molecule has 0 aromatic carbocycles. The molecule has 0 aromatic heterocycles. The maximum Gasteiger partial charge on any atom is 0.143 e. The van der Waals surface area contributed by atoms with E-state index >= 15 is 0 Å². The van der Waals surface area contributed by atoms with Gasteiger partial charge in [-0.1, -0.05) is 11.6 Å². The lowest BCUT2D eigenvalue weighted by Gasteiger charge is -2.12. The first kappa shape index (κ1) is 8.03. The Hall–Kier alpha value is -0.0700. The summed E-state index contributed by atoms with van der Waals surface area (Å²) >= 11 is 5.51. The van der Waals surface area contributed by atoms with Crippen LogP contribution in [0, 0.1) is 0 Å². The summed E-state index contributed by atoms with van der Waals surface area (Å²) < 4.78 is 13.0. The monoisotopic (exact) mass is 179 g/mol. The Morgan fingerprint density at radius 3 is 2.60 bits per heavy atom. The van der Waals surface area contributed by atoms with Gasteiger partial charge in [0.05, 0.1) is 5.03 Å². The summed E-state index contributed by atoms with van der Waals surface area (Å²) in [6, 6.07) is 0. The highest BCUT2D eigenvalue weighted by molar-refractivity contribution is 7.88. The molecule has 0 aliphatic carbocycles. The quantitative estimate of drug-likeness (QED) is 0.507. The molecule has 0 spiro atoms. The summed E-state index contributed by atoms with van der Waals surface area (Å²) in [7, 11) is 0. The molecule has 0 fully saturated rings. The average Bonchev–Trinajstić information content (AvgIpc) is 1.83. The Labute approximate surface area is 64.6 Å². The molecule has 4 heteroatoms. The topological polar surface area (TPSA) is 12.4 Å². The molecular weight excluding hydrogens is 171 g/mol. The van der Waals surface area contributed by atoms with Crippen LogP contribution in [0.4, 0.5) is 4.39 Å². The van der Waals surface area contributed by atoms with Crippen LogP contribution in [0.1, 0.15) is 0 Å². The molecule has 0 N–H and O–H groups in total. The van der Waals surface area contributed by atoms with Crippen LogP contribution in [0.25, 0.3) is 0 Å². The van der Waals surface area contributed by atoms with Crippen molar-refractivity contribution in [2.45, 2.75) is 0 Å². The molecule has 1 heterocycles. The van der Waals surface area contributed by atoms with Crippen molar-refractivity contribution in [3.8, 4) is 0 Å². The molecule has 1 nitrogen and oxygen atoms in total. The second-order valence-corrected chi connectivity index (χ2v) is 6.68. The lowest BCUT2D eigenvalue weighted by atomic mass is 10.7. The summed E-state index contributed by atoms with van der Waals surface area (Å²) in [6.45, 7) is 1.94. The molecule has 0 saturated carbocycles. The van der Waals surface area contributed by atoms with Crippen molar-refractivity contribution in [2.24, 2.45) is 4.99 Å². The first-order valence-corrected chi connectivity index (χ1v) is 5.94. The number of halogens is 2. The minimum absolute atomic E-state index is 0.154. The standard InChI is InChI=1S/C6H8ClFNP/c1-10(2)4-9-3-5(7)6(10)8/h3-4H,1-2H3. The Kier molecular flexibility index (Phi) is 2.02. The smallest absolute Gasteiger partial charge is 0.143 e. The third-order valence-electron chi connectivity index (χ3n) is 1.25. The van der Waals surface area contributed by atoms with Crippen molar-refractivity contribution in [2.75, 3.05) is 13.3 Å². The van der Waals surface area contributed by atoms with Crippen molar-refractivity contribution >= 4 is 30.0 Å². The van der Waals surface area contributed by atoms with Crippen molar-refractivity contribution in [3.05, 3.63) is 11.2 Å². The Morgan fingerprint density at radius 2 is 2.20 bits per heavy atom. The summed E-state index contributed by atoms with van der Waals surface area (Å²) in [5.41, 5.74) is -0.204. The highest BCUT2D eigenvalue weighted by atomic mass is 35.5. The largest absolute Gasteiger partial charge is 0.263 e. The van der Waals surface area contributed by atoms with Crippen LogP contribution in [0.2, 0.25) is 0 Å². The average molecular weight is 180 g/mol. The molecule has 0 bridgehead atoms. The maximum atomic E-state index is 13.0. The molecule has 0 saturated heterocycles. The Morgan fingerprint density at radius 1 is 1.60 bits per heavy atom. The fraction of sp³-hybridized carbons (Fsp3) is 0.333. The number of rotatable bonds is 0. The van der Waals surface area contributed by atoms with E-state index in [9.17, 15) is 4.39 Å². The van der Waals surface area contributed by atoms with Crippen LogP contribution in [-0.2, 0) is 0 Å². The second-order valence-electron chi connectivity index (χ2n) is 2.57. The van der Waals surface area contributed by atoms with Crippen LogP contribution < -0.4 is 0 Å². The van der Waals surface area contributed by atoms with Crippen LogP contribution >= 0.6 is 18.5 Å². The normalized spacial score (nSPS) is 22.8. The maximum absolute atomic E-state index is 13.0. The van der Waals surface area contributed by atoms with Gasteiger partial charge < -0.3 is 0 Å². The number of allylic oxidation sites excluding steroid dienone is 1. The third-order valence-corrected chi connectivity index (χ3v) is 3.61. The van der Waals surface area contributed by atoms with Gasteiger partial charge in [-0.3, -0.25) is 4.99 Å². The molecule has 1 aliphatic heterocycles. The minimum Gasteiger partial charge on any atom is -0.263 e. The van der Waals surface area contributed by atoms with Gasteiger partial charge in [0, 0.05) is 12.2 Å². The van der Waals surface area contributed by atoms with Gasteiger partial charge in [-0.15, -0.1) is 0 Å². The zero-order valence-electron chi connectivity index (χ0n) is 5.81. The molecule has 0 unspecified atom stereocenters. The molecule has 1 rings (SSSR count). The molecule has 56 valence electrons. The minimum atomic E-state index is -1.73. The summed E-state index contributed by atoms with van der Waals surface area (Å²) in [5.74, 6) is 1.65. The first-order chi connectivity index (χ1) is 4.54. The molecule has 10 heavy (non-hydrogen) atoms. The molecule has 0 radical (unpaired) electrons. The van der Waals surface area contributed by atoms with E-state index in [2.05, 4.69) is 4.99 Å². The van der Waals surface area contributed by atoms with Crippen molar-refractivity contribution < 1.29 is 4.39 Å². The summed E-state index contributed by atoms with van der Waals surface area (Å²) in [6.07, 6.45) is 1.34. The lowest BCUT2D eigenvalue weighted by Crippen LogP contribution is -1.98. The van der Waals surface area contributed by atoms with Gasteiger partial charge in [0.2, 0.25) is 0 Å². The van der Waals surface area contributed by atoms with Crippen molar-refractivity contribution in [1.82, 2.24) is 0 Å². The van der Waals surface area contributed by atoms with Crippen LogP contribution in [0.5, 0.6) is 0 Å². The van der Waals surface area contributed by atoms with Crippen molar-refractivity contribution in [3.63, 3.8) is 0 Å². The van der Waals surface area contributed by atoms with E-state index in [1.807, 2.05) is 13.3 Å². The number of hydrogen-bond donors (Lipinski definition) is 0. The fourth-order valence-electron chi connectivity index (χ4n) is 0.645. The predicted octanol–water partition coefficient (Wildman–Crippen LogP) is 2.49. The van der Waals surface area contributed by atoms with E-state index in [1.54, 1.807) is 5.96 Å². The van der Waals surface area contributed by atoms with E-state index in [-0.39, 0.29) is 10.6 Å². The van der Waals surface area contributed by atoms with E-state index in [0.29, 0.717) is 0 Å². The highest BCUT2D eigenvalue weighted by Crippen LogP contribution is 2.42. The van der Waals surface area contributed by atoms with Gasteiger partial charge in [-0.2, -0.15) is 0 Å². The predicted molar refractivity (Wildman–Crippen MR) is 47.3 cm³/mol. The molecule has 0 amide bonds. The number of aliphatic imine (C=N–C) groups is 1. The molecular formula is C6H8ClFNP. The van der Waals surface area contributed by atoms with Gasteiger partial charge in [0.25, 0.3) is 0 Å². The summed E-state index contributed by atoms with van der Waals surface area (Å²) in [5, 5.41) is 0.154. The van der Waals surface area contributed by atoms with Crippen LogP contribution in [0.3, 0.4) is 0 Å². The van der Waals surface area contributed by atoms with Gasteiger partial charge in [0.1, 0.15) is 5.55 Å². The zero-order chi connectivity index (χ0) is 7.78. The SMILES string of the molecule is CP1(C)=C(F)C(Cl)=CN=C1. The highest BCUT2D eigenvalue weighted by Gasteiger charge is 2.15. The third kappa shape index (κ3) is 1.33. The zero-order valence-corrected chi connectivity index (χ0v) is 7.46. The van der Waals surface area contributed by atoms with Crippen LogP contribution in [0.15, 0.2) is 16.2 Å². The summed E-state index contributed by atoms with van der Waals surface area (Å²) in [4.78, 5) is 3.83. The molecule has 1 aliphatic rings. The van der Waals surface area contributed by atoms with Gasteiger partial charge in [0.15, 0.2) is 0 Å². The Balaban J connectivity index is 3.26. The van der Waals surface area contributed by atoms with E-state index in [1.165, 1.54) is 6.20 Å². The first-order valence-electron chi connectivity index (χ1n) is 2.81. The number of nitrogens with zero attached hydrogens (tertiary/aromatic N) is 1. The van der Waals surface area contributed by atoms with Gasteiger partial charge in [-0.25, -0.2) is 4.39 Å². The van der Waals surface area contributed by atoms with Crippen LogP contribution in [-0.4, -0.2) is 24.8 Å². The van der Waals surface area contributed by atoms with Gasteiger partial charge in [-0.05, 0) is 20.2 Å². The van der Waals surface area contributed by atoms with E-state index in [0.717, 1.165) is 0 Å².